The Hall–Kier alpha value is -2.33. The quantitative estimate of drug-likeness (QED) is 0.840. The van der Waals surface area contributed by atoms with E-state index in [0.29, 0.717) is 13.2 Å². The number of amides is 1. The fraction of sp³-hybridized carbons (Fsp3) is 0.350. The van der Waals surface area contributed by atoms with Gasteiger partial charge in [-0.2, -0.15) is 0 Å². The van der Waals surface area contributed by atoms with Crippen molar-refractivity contribution >= 4 is 11.6 Å². The molecule has 1 N–H and O–H groups in total. The molecular weight excluding hydrogens is 300 g/mol. The molecule has 0 radical (unpaired) electrons. The molecule has 2 aromatic carbocycles. The average Bonchev–Trinajstić information content (AvgIpc) is 2.58. The zero-order valence-electron chi connectivity index (χ0n) is 14.9. The van der Waals surface area contributed by atoms with Crippen molar-refractivity contribution in [1.82, 2.24) is 4.90 Å². The van der Waals surface area contributed by atoms with Crippen LogP contribution >= 0.6 is 0 Å². The molecule has 0 aliphatic carbocycles. The molecule has 128 valence electrons. The van der Waals surface area contributed by atoms with Crippen LogP contribution in [0.5, 0.6) is 5.75 Å². The lowest BCUT2D eigenvalue weighted by Crippen LogP contribution is -2.39. The van der Waals surface area contributed by atoms with E-state index in [0.717, 1.165) is 22.6 Å². The summed E-state index contributed by atoms with van der Waals surface area (Å²) in [6.45, 7) is 7.24. The van der Waals surface area contributed by atoms with Gasteiger partial charge in [0, 0.05) is 12.2 Å². The maximum atomic E-state index is 12.5. The number of benzene rings is 2. The molecule has 24 heavy (non-hydrogen) atoms. The van der Waals surface area contributed by atoms with Gasteiger partial charge in [-0.3, -0.25) is 9.69 Å². The summed E-state index contributed by atoms with van der Waals surface area (Å²) in [5, 5.41) is 3.00. The lowest BCUT2D eigenvalue weighted by molar-refractivity contribution is -0.120. The Balaban J connectivity index is 1.94. The van der Waals surface area contributed by atoms with Gasteiger partial charge in [-0.05, 0) is 57.1 Å². The number of nitrogens with zero attached hydrogens (tertiary/aromatic N) is 1. The highest BCUT2D eigenvalue weighted by atomic mass is 16.5. The molecule has 0 aliphatic heterocycles. The Kier molecular flexibility index (Phi) is 6.38. The summed E-state index contributed by atoms with van der Waals surface area (Å²) in [4.78, 5) is 14.5. The van der Waals surface area contributed by atoms with Crippen LogP contribution in [0, 0.1) is 6.92 Å². The minimum atomic E-state index is -0.226. The summed E-state index contributed by atoms with van der Waals surface area (Å²) in [7, 11) is 1.96. The third kappa shape index (κ3) is 4.83. The topological polar surface area (TPSA) is 41.6 Å². The Morgan fingerprint density at radius 1 is 1.17 bits per heavy atom. The minimum Gasteiger partial charge on any atom is -0.494 e. The number of carbonyl (C=O) groups excluding carboxylic acids is 1. The van der Waals surface area contributed by atoms with Crippen molar-refractivity contribution in [2.24, 2.45) is 0 Å². The van der Waals surface area contributed by atoms with E-state index in [2.05, 4.69) is 5.32 Å². The van der Waals surface area contributed by atoms with Crippen LogP contribution in [0.3, 0.4) is 0 Å². The number of para-hydroxylation sites is 1. The summed E-state index contributed by atoms with van der Waals surface area (Å²) >= 11 is 0. The van der Waals surface area contributed by atoms with Crippen molar-refractivity contribution in [2.45, 2.75) is 33.4 Å². The molecule has 2 rings (SSSR count). The molecule has 0 saturated heterocycles. The number of carbonyl (C=O) groups is 1. The van der Waals surface area contributed by atoms with Crippen molar-refractivity contribution in [3.63, 3.8) is 0 Å². The van der Waals surface area contributed by atoms with Crippen LogP contribution in [0.2, 0.25) is 0 Å². The smallest absolute Gasteiger partial charge is 0.241 e. The molecule has 1 amide bonds. The van der Waals surface area contributed by atoms with Crippen LogP contribution in [0.15, 0.2) is 48.5 Å². The molecule has 0 bridgehead atoms. The summed E-state index contributed by atoms with van der Waals surface area (Å²) in [5.74, 6) is 0.868. The Labute approximate surface area is 144 Å². The zero-order chi connectivity index (χ0) is 17.5. The molecule has 0 aliphatic rings. The first-order valence-electron chi connectivity index (χ1n) is 8.29. The second kappa shape index (κ2) is 8.50. The standard InChI is InChI=1S/C20H26N2O2/c1-5-24-18-12-10-17(11-13-18)14-22(4)16(3)20(23)21-19-9-7-6-8-15(19)2/h6-13,16H,5,14H2,1-4H3,(H,21,23). The number of anilines is 1. The van der Waals surface area contributed by atoms with Gasteiger partial charge in [0.1, 0.15) is 5.75 Å². The predicted octanol–water partition coefficient (Wildman–Crippen LogP) is 3.85. The number of nitrogens with one attached hydrogen (secondary N) is 1. The number of likely N-dealkylation sites (N-methyl/N-ethyl adjacent to an activating group) is 1. The molecule has 2 aromatic rings. The highest BCUT2D eigenvalue weighted by Gasteiger charge is 2.18. The second-order valence-electron chi connectivity index (χ2n) is 5.97. The van der Waals surface area contributed by atoms with Gasteiger partial charge in [0.2, 0.25) is 5.91 Å². The fourth-order valence-corrected chi connectivity index (χ4v) is 2.43. The molecule has 0 saturated carbocycles. The van der Waals surface area contributed by atoms with Crippen LogP contribution in [0.4, 0.5) is 5.69 Å². The molecule has 4 heteroatoms. The Bertz CT molecular complexity index is 668. The lowest BCUT2D eigenvalue weighted by atomic mass is 10.1. The van der Waals surface area contributed by atoms with E-state index in [1.54, 1.807) is 0 Å². The molecule has 0 aromatic heterocycles. The Morgan fingerprint density at radius 3 is 2.46 bits per heavy atom. The molecule has 1 atom stereocenters. The normalized spacial score (nSPS) is 12.0. The van der Waals surface area contributed by atoms with Gasteiger partial charge in [-0.25, -0.2) is 0 Å². The molecule has 4 nitrogen and oxygen atoms in total. The first-order valence-corrected chi connectivity index (χ1v) is 8.29. The molecular formula is C20H26N2O2. The van der Waals surface area contributed by atoms with Crippen molar-refractivity contribution in [3.05, 3.63) is 59.7 Å². The van der Waals surface area contributed by atoms with Crippen molar-refractivity contribution < 1.29 is 9.53 Å². The van der Waals surface area contributed by atoms with E-state index in [1.807, 2.05) is 81.2 Å². The van der Waals surface area contributed by atoms with Crippen molar-refractivity contribution in [2.75, 3.05) is 19.0 Å². The first kappa shape index (κ1) is 18.0. The third-order valence-corrected chi connectivity index (χ3v) is 4.11. The summed E-state index contributed by atoms with van der Waals surface area (Å²) < 4.78 is 5.45. The van der Waals surface area contributed by atoms with E-state index in [-0.39, 0.29) is 11.9 Å². The van der Waals surface area contributed by atoms with E-state index in [9.17, 15) is 4.79 Å². The van der Waals surface area contributed by atoms with Gasteiger partial charge in [-0.1, -0.05) is 30.3 Å². The molecule has 0 spiro atoms. The Morgan fingerprint density at radius 2 is 1.83 bits per heavy atom. The van der Waals surface area contributed by atoms with Gasteiger partial charge in [0.15, 0.2) is 0 Å². The van der Waals surface area contributed by atoms with Crippen LogP contribution < -0.4 is 10.1 Å². The number of rotatable bonds is 7. The molecule has 0 fully saturated rings. The average molecular weight is 326 g/mol. The summed E-state index contributed by atoms with van der Waals surface area (Å²) in [5.41, 5.74) is 3.08. The summed E-state index contributed by atoms with van der Waals surface area (Å²) in [6.07, 6.45) is 0. The molecule has 0 heterocycles. The van der Waals surface area contributed by atoms with Gasteiger partial charge in [0.25, 0.3) is 0 Å². The monoisotopic (exact) mass is 326 g/mol. The first-order chi connectivity index (χ1) is 11.5. The van der Waals surface area contributed by atoms with Crippen molar-refractivity contribution in [1.29, 1.82) is 0 Å². The van der Waals surface area contributed by atoms with Gasteiger partial charge >= 0.3 is 0 Å². The summed E-state index contributed by atoms with van der Waals surface area (Å²) in [6, 6.07) is 15.6. The van der Waals surface area contributed by atoms with Crippen molar-refractivity contribution in [3.8, 4) is 5.75 Å². The number of hydrogen-bond acceptors (Lipinski definition) is 3. The fourth-order valence-electron chi connectivity index (χ4n) is 2.43. The zero-order valence-corrected chi connectivity index (χ0v) is 14.9. The maximum Gasteiger partial charge on any atom is 0.241 e. The van der Waals surface area contributed by atoms with Gasteiger partial charge in [0.05, 0.1) is 12.6 Å². The number of hydrogen-bond donors (Lipinski definition) is 1. The molecule has 1 unspecified atom stereocenters. The second-order valence-corrected chi connectivity index (χ2v) is 5.97. The van der Waals surface area contributed by atoms with E-state index in [1.165, 1.54) is 0 Å². The van der Waals surface area contributed by atoms with Crippen LogP contribution in [0.1, 0.15) is 25.0 Å². The van der Waals surface area contributed by atoms with E-state index >= 15 is 0 Å². The van der Waals surface area contributed by atoms with E-state index in [4.69, 9.17) is 4.74 Å². The van der Waals surface area contributed by atoms with Crippen LogP contribution in [0.25, 0.3) is 0 Å². The predicted molar refractivity (Wildman–Crippen MR) is 98.3 cm³/mol. The SMILES string of the molecule is CCOc1ccc(CN(C)C(C)C(=O)Nc2ccccc2C)cc1. The largest absolute Gasteiger partial charge is 0.494 e. The van der Waals surface area contributed by atoms with Crippen LogP contribution in [-0.4, -0.2) is 30.5 Å². The number of ether oxygens (including phenoxy) is 1. The minimum absolute atomic E-state index is 0.00210. The highest BCUT2D eigenvalue weighted by molar-refractivity contribution is 5.95. The van der Waals surface area contributed by atoms with Gasteiger partial charge < -0.3 is 10.1 Å². The lowest BCUT2D eigenvalue weighted by Gasteiger charge is -2.24. The third-order valence-electron chi connectivity index (χ3n) is 4.11. The maximum absolute atomic E-state index is 12.5. The van der Waals surface area contributed by atoms with E-state index < -0.39 is 0 Å². The van der Waals surface area contributed by atoms with Gasteiger partial charge in [-0.15, -0.1) is 0 Å². The van der Waals surface area contributed by atoms with Crippen LogP contribution in [-0.2, 0) is 11.3 Å². The number of aryl methyl sites for hydroxylation is 1. The highest BCUT2D eigenvalue weighted by Crippen LogP contribution is 2.16.